The number of rotatable bonds is 5. The molecule has 0 radical (unpaired) electrons. The lowest BCUT2D eigenvalue weighted by molar-refractivity contribution is -0.135. The van der Waals surface area contributed by atoms with Crippen LogP contribution in [0.2, 0.25) is 0 Å². The van der Waals surface area contributed by atoms with Gasteiger partial charge >= 0.3 is 0 Å². The summed E-state index contributed by atoms with van der Waals surface area (Å²) in [7, 11) is 0. The van der Waals surface area contributed by atoms with Crippen LogP contribution in [0.25, 0.3) is 5.65 Å². The van der Waals surface area contributed by atoms with Gasteiger partial charge in [-0.25, -0.2) is 9.50 Å². The molecule has 1 saturated heterocycles. The molecule has 1 N–H and O–H groups in total. The first-order chi connectivity index (χ1) is 13.2. The van der Waals surface area contributed by atoms with E-state index in [0.717, 1.165) is 37.2 Å². The summed E-state index contributed by atoms with van der Waals surface area (Å²) in [6.45, 7) is 2.69. The predicted molar refractivity (Wildman–Crippen MR) is 98.3 cm³/mol. The standard InChI is InChI=1S/C19H23N5O3/c1-2-13-11-19(26)24-17(21-13)12-15(22-24)16-5-3-4-10-23(16)18(25)7-6-14-8-9-20-27-14/h8-9,11-12,16,22H,2-7,10H2,1H3. The van der Waals surface area contributed by atoms with Gasteiger partial charge in [-0.15, -0.1) is 0 Å². The molecule has 8 heteroatoms. The van der Waals surface area contributed by atoms with E-state index in [1.807, 2.05) is 17.9 Å². The van der Waals surface area contributed by atoms with Crippen molar-refractivity contribution in [1.29, 1.82) is 0 Å². The van der Waals surface area contributed by atoms with E-state index in [2.05, 4.69) is 15.2 Å². The lowest BCUT2D eigenvalue weighted by atomic mass is 9.98. The van der Waals surface area contributed by atoms with Gasteiger partial charge in [0.15, 0.2) is 5.65 Å². The molecule has 1 atom stereocenters. The first-order valence-corrected chi connectivity index (χ1v) is 9.46. The van der Waals surface area contributed by atoms with Gasteiger partial charge in [0.2, 0.25) is 5.91 Å². The number of likely N-dealkylation sites (tertiary alicyclic amines) is 1. The number of hydrogen-bond donors (Lipinski definition) is 1. The van der Waals surface area contributed by atoms with Crippen LogP contribution in [0.4, 0.5) is 0 Å². The Kier molecular flexibility index (Phi) is 4.79. The van der Waals surface area contributed by atoms with Crippen LogP contribution in [-0.2, 0) is 17.6 Å². The van der Waals surface area contributed by atoms with E-state index in [9.17, 15) is 9.59 Å². The average molecular weight is 369 g/mol. The number of carbonyl (C=O) groups is 1. The Balaban J connectivity index is 1.58. The van der Waals surface area contributed by atoms with E-state index < -0.39 is 0 Å². The number of hydrogen-bond acceptors (Lipinski definition) is 5. The summed E-state index contributed by atoms with van der Waals surface area (Å²) in [5, 5.41) is 6.84. The smallest absolute Gasteiger partial charge is 0.272 e. The Morgan fingerprint density at radius 2 is 2.26 bits per heavy atom. The molecule has 0 aliphatic carbocycles. The fourth-order valence-corrected chi connectivity index (χ4v) is 3.71. The molecule has 1 amide bonds. The third-order valence-electron chi connectivity index (χ3n) is 5.14. The van der Waals surface area contributed by atoms with Crippen molar-refractivity contribution in [2.24, 2.45) is 0 Å². The lowest BCUT2D eigenvalue weighted by Crippen LogP contribution is -2.38. The molecule has 1 aliphatic rings. The Morgan fingerprint density at radius 1 is 1.37 bits per heavy atom. The van der Waals surface area contributed by atoms with Gasteiger partial charge in [0, 0.05) is 43.3 Å². The highest BCUT2D eigenvalue weighted by molar-refractivity contribution is 5.77. The van der Waals surface area contributed by atoms with Crippen LogP contribution >= 0.6 is 0 Å². The van der Waals surface area contributed by atoms with E-state index in [1.54, 1.807) is 18.3 Å². The maximum atomic E-state index is 12.8. The van der Waals surface area contributed by atoms with Crippen molar-refractivity contribution in [3.63, 3.8) is 0 Å². The van der Waals surface area contributed by atoms with Crippen LogP contribution in [0.15, 0.2) is 33.7 Å². The number of piperidine rings is 1. The zero-order chi connectivity index (χ0) is 18.8. The zero-order valence-corrected chi connectivity index (χ0v) is 15.4. The van der Waals surface area contributed by atoms with Gasteiger partial charge in [-0.3, -0.25) is 14.7 Å². The summed E-state index contributed by atoms with van der Waals surface area (Å²) in [4.78, 5) is 31.6. The molecule has 27 heavy (non-hydrogen) atoms. The van der Waals surface area contributed by atoms with Crippen molar-refractivity contribution < 1.29 is 9.32 Å². The second-order valence-electron chi connectivity index (χ2n) is 6.92. The number of amides is 1. The predicted octanol–water partition coefficient (Wildman–Crippen LogP) is 2.26. The van der Waals surface area contributed by atoms with Crippen LogP contribution in [-0.4, -0.2) is 37.1 Å². The number of nitrogens with zero attached hydrogens (tertiary/aromatic N) is 4. The highest BCUT2D eigenvalue weighted by Gasteiger charge is 2.29. The maximum Gasteiger partial charge on any atom is 0.272 e. The summed E-state index contributed by atoms with van der Waals surface area (Å²) in [5.41, 5.74) is 2.12. The Labute approximate surface area is 156 Å². The largest absolute Gasteiger partial charge is 0.361 e. The second kappa shape index (κ2) is 7.38. The van der Waals surface area contributed by atoms with Gasteiger partial charge < -0.3 is 9.42 Å². The van der Waals surface area contributed by atoms with Crippen LogP contribution in [0.1, 0.15) is 55.8 Å². The summed E-state index contributed by atoms with van der Waals surface area (Å²) in [5.74, 6) is 0.801. The summed E-state index contributed by atoms with van der Waals surface area (Å²) in [6, 6.07) is 5.16. The van der Waals surface area contributed by atoms with E-state index in [0.29, 0.717) is 30.7 Å². The number of aromatic amines is 1. The fourth-order valence-electron chi connectivity index (χ4n) is 3.71. The topological polar surface area (TPSA) is 96.5 Å². The molecule has 0 bridgehead atoms. The number of fused-ring (bicyclic) bond motifs is 1. The minimum atomic E-state index is -0.123. The van der Waals surface area contributed by atoms with Crippen molar-refractivity contribution >= 4 is 11.6 Å². The quantitative estimate of drug-likeness (QED) is 0.744. The van der Waals surface area contributed by atoms with Crippen molar-refractivity contribution in [2.75, 3.05) is 6.54 Å². The Bertz CT molecular complexity index is 989. The molecular weight excluding hydrogens is 346 g/mol. The van der Waals surface area contributed by atoms with Crippen molar-refractivity contribution in [1.82, 2.24) is 24.7 Å². The van der Waals surface area contributed by atoms with Gasteiger partial charge in [0.25, 0.3) is 5.56 Å². The van der Waals surface area contributed by atoms with Crippen molar-refractivity contribution in [3.8, 4) is 0 Å². The van der Waals surface area contributed by atoms with Gasteiger partial charge in [-0.2, -0.15) is 0 Å². The molecule has 3 aromatic rings. The highest BCUT2D eigenvalue weighted by Crippen LogP contribution is 2.31. The molecule has 1 fully saturated rings. The average Bonchev–Trinajstić information content (AvgIpc) is 3.35. The van der Waals surface area contributed by atoms with Crippen LogP contribution < -0.4 is 5.56 Å². The van der Waals surface area contributed by atoms with E-state index >= 15 is 0 Å². The minimum Gasteiger partial charge on any atom is -0.361 e. The Hall–Kier alpha value is -2.90. The minimum absolute atomic E-state index is 0.0628. The van der Waals surface area contributed by atoms with Crippen molar-refractivity contribution in [3.05, 3.63) is 51.9 Å². The molecular formula is C19H23N5O3. The van der Waals surface area contributed by atoms with Gasteiger partial charge in [0.05, 0.1) is 17.9 Å². The first kappa shape index (κ1) is 17.5. The first-order valence-electron chi connectivity index (χ1n) is 9.46. The van der Waals surface area contributed by atoms with Crippen LogP contribution in [0.3, 0.4) is 0 Å². The number of carbonyl (C=O) groups excluding carboxylic acids is 1. The van der Waals surface area contributed by atoms with Crippen LogP contribution in [0, 0.1) is 0 Å². The fraction of sp³-hybridized carbons (Fsp3) is 0.474. The Morgan fingerprint density at radius 3 is 3.04 bits per heavy atom. The van der Waals surface area contributed by atoms with E-state index in [1.165, 1.54) is 4.52 Å². The van der Waals surface area contributed by atoms with Gasteiger partial charge in [-0.1, -0.05) is 12.1 Å². The molecule has 142 valence electrons. The third-order valence-corrected chi connectivity index (χ3v) is 5.14. The molecule has 1 unspecified atom stereocenters. The number of nitrogens with one attached hydrogen (secondary N) is 1. The molecule has 4 rings (SSSR count). The lowest BCUT2D eigenvalue weighted by Gasteiger charge is -2.35. The summed E-state index contributed by atoms with van der Waals surface area (Å²) >= 11 is 0. The normalized spacial score (nSPS) is 17.5. The van der Waals surface area contributed by atoms with E-state index in [4.69, 9.17) is 4.52 Å². The van der Waals surface area contributed by atoms with Gasteiger partial charge in [0.1, 0.15) is 5.76 Å². The molecule has 1 aliphatic heterocycles. The monoisotopic (exact) mass is 369 g/mol. The number of aromatic nitrogens is 4. The SMILES string of the molecule is CCc1cc(=O)n2[nH]c(C3CCCCN3C(=O)CCc3ccno3)cc2n1. The van der Waals surface area contributed by atoms with Crippen LogP contribution in [0.5, 0.6) is 0 Å². The maximum absolute atomic E-state index is 12.8. The molecule has 0 aromatic carbocycles. The number of aryl methyl sites for hydroxylation is 2. The molecule has 3 aromatic heterocycles. The van der Waals surface area contributed by atoms with E-state index in [-0.39, 0.29) is 17.5 Å². The summed E-state index contributed by atoms with van der Waals surface area (Å²) in [6.07, 6.45) is 6.12. The molecule has 0 spiro atoms. The second-order valence-corrected chi connectivity index (χ2v) is 6.92. The molecule has 0 saturated carbocycles. The van der Waals surface area contributed by atoms with Crippen molar-refractivity contribution in [2.45, 2.75) is 51.5 Å². The third kappa shape index (κ3) is 3.51. The highest BCUT2D eigenvalue weighted by atomic mass is 16.5. The zero-order valence-electron chi connectivity index (χ0n) is 15.4. The summed E-state index contributed by atoms with van der Waals surface area (Å²) < 4.78 is 6.54. The molecule has 4 heterocycles. The number of H-pyrrole nitrogens is 1. The molecule has 8 nitrogen and oxygen atoms in total. The van der Waals surface area contributed by atoms with Gasteiger partial charge in [-0.05, 0) is 25.7 Å².